The quantitative estimate of drug-likeness (QED) is 0.484. The third kappa shape index (κ3) is 3.55. The Morgan fingerprint density at radius 1 is 1.73 bits per heavy atom. The molecule has 0 aromatic rings. The maximum atomic E-state index is 11.7. The molecule has 1 fully saturated rings. The summed E-state index contributed by atoms with van der Waals surface area (Å²) in [5.74, 6) is 0.311. The zero-order valence-corrected chi connectivity index (χ0v) is 9.29. The molecule has 0 aromatic carbocycles. The number of carbonyl (C=O) groups excluding carboxylic acids is 1. The average molecular weight is 212 g/mol. The predicted octanol–water partition coefficient (Wildman–Crippen LogP) is 0.780. The Morgan fingerprint density at radius 3 is 2.93 bits per heavy atom. The summed E-state index contributed by atoms with van der Waals surface area (Å²) < 4.78 is 4.94. The SMILES string of the molecule is C=COCCCNC(=O)C(C)(N)C1CC1. The third-order valence-corrected chi connectivity index (χ3v) is 2.76. The lowest BCUT2D eigenvalue weighted by molar-refractivity contribution is -0.126. The minimum Gasteiger partial charge on any atom is -0.502 e. The van der Waals surface area contributed by atoms with E-state index in [2.05, 4.69) is 11.9 Å². The summed E-state index contributed by atoms with van der Waals surface area (Å²) in [6.07, 6.45) is 4.32. The van der Waals surface area contributed by atoms with Gasteiger partial charge in [0.15, 0.2) is 0 Å². The van der Waals surface area contributed by atoms with Crippen LogP contribution in [0.25, 0.3) is 0 Å². The highest BCUT2D eigenvalue weighted by molar-refractivity contribution is 5.86. The van der Waals surface area contributed by atoms with E-state index < -0.39 is 5.54 Å². The predicted molar refractivity (Wildman–Crippen MR) is 59.1 cm³/mol. The fraction of sp³-hybridized carbons (Fsp3) is 0.727. The van der Waals surface area contributed by atoms with E-state index in [1.54, 1.807) is 6.92 Å². The van der Waals surface area contributed by atoms with E-state index in [-0.39, 0.29) is 5.91 Å². The van der Waals surface area contributed by atoms with Crippen molar-refractivity contribution in [2.75, 3.05) is 13.2 Å². The van der Waals surface area contributed by atoms with Gasteiger partial charge < -0.3 is 15.8 Å². The van der Waals surface area contributed by atoms with Crippen LogP contribution in [0.1, 0.15) is 26.2 Å². The molecule has 1 aliphatic carbocycles. The van der Waals surface area contributed by atoms with E-state index in [9.17, 15) is 4.79 Å². The van der Waals surface area contributed by atoms with Crippen molar-refractivity contribution in [1.29, 1.82) is 0 Å². The van der Waals surface area contributed by atoms with Crippen LogP contribution in [0.3, 0.4) is 0 Å². The molecule has 1 aliphatic rings. The zero-order chi connectivity index (χ0) is 11.3. The number of hydrogen-bond donors (Lipinski definition) is 2. The normalized spacial score (nSPS) is 19.1. The van der Waals surface area contributed by atoms with E-state index in [4.69, 9.17) is 10.5 Å². The summed E-state index contributed by atoms with van der Waals surface area (Å²) in [6, 6.07) is 0. The molecule has 0 spiro atoms. The summed E-state index contributed by atoms with van der Waals surface area (Å²) in [7, 11) is 0. The van der Waals surface area contributed by atoms with Crippen molar-refractivity contribution in [3.63, 3.8) is 0 Å². The molecule has 0 bridgehead atoms. The van der Waals surface area contributed by atoms with E-state index in [0.717, 1.165) is 19.3 Å². The van der Waals surface area contributed by atoms with Gasteiger partial charge in [0, 0.05) is 6.54 Å². The maximum absolute atomic E-state index is 11.7. The highest BCUT2D eigenvalue weighted by Gasteiger charge is 2.43. The number of carbonyl (C=O) groups is 1. The number of rotatable bonds is 7. The van der Waals surface area contributed by atoms with Gasteiger partial charge in [-0.1, -0.05) is 6.58 Å². The number of nitrogens with two attached hydrogens (primary N) is 1. The first-order chi connectivity index (χ1) is 7.09. The van der Waals surface area contributed by atoms with Gasteiger partial charge in [0.1, 0.15) is 0 Å². The summed E-state index contributed by atoms with van der Waals surface area (Å²) in [6.45, 7) is 6.42. The van der Waals surface area contributed by atoms with Gasteiger partial charge in [-0.2, -0.15) is 0 Å². The molecule has 1 atom stereocenters. The average Bonchev–Trinajstić information content (AvgIpc) is 3.00. The molecule has 0 radical (unpaired) electrons. The van der Waals surface area contributed by atoms with Gasteiger partial charge in [-0.05, 0) is 32.1 Å². The van der Waals surface area contributed by atoms with Gasteiger partial charge in [-0.3, -0.25) is 4.79 Å². The van der Waals surface area contributed by atoms with Crippen molar-refractivity contribution in [2.24, 2.45) is 11.7 Å². The van der Waals surface area contributed by atoms with Gasteiger partial charge >= 0.3 is 0 Å². The smallest absolute Gasteiger partial charge is 0.240 e. The van der Waals surface area contributed by atoms with E-state index in [1.807, 2.05) is 0 Å². The summed E-state index contributed by atoms with van der Waals surface area (Å²) in [4.78, 5) is 11.7. The van der Waals surface area contributed by atoms with Crippen LogP contribution in [0.2, 0.25) is 0 Å². The summed E-state index contributed by atoms with van der Waals surface area (Å²) in [5, 5.41) is 2.82. The van der Waals surface area contributed by atoms with Gasteiger partial charge in [-0.25, -0.2) is 0 Å². The number of nitrogens with one attached hydrogen (secondary N) is 1. The molecule has 1 amide bonds. The molecule has 0 aliphatic heterocycles. The number of ether oxygens (including phenoxy) is 1. The topological polar surface area (TPSA) is 64.3 Å². The molecule has 1 saturated carbocycles. The second-order valence-electron chi connectivity index (χ2n) is 4.20. The molecule has 4 heteroatoms. The largest absolute Gasteiger partial charge is 0.502 e. The Bertz CT molecular complexity index is 235. The van der Waals surface area contributed by atoms with Crippen LogP contribution in [0.15, 0.2) is 12.8 Å². The van der Waals surface area contributed by atoms with Gasteiger partial charge in [0.05, 0.1) is 18.4 Å². The second-order valence-corrected chi connectivity index (χ2v) is 4.20. The Labute approximate surface area is 90.9 Å². The van der Waals surface area contributed by atoms with Crippen molar-refractivity contribution in [3.8, 4) is 0 Å². The Balaban J connectivity index is 2.15. The first-order valence-electron chi connectivity index (χ1n) is 5.38. The summed E-state index contributed by atoms with van der Waals surface area (Å²) >= 11 is 0. The molecule has 3 N–H and O–H groups in total. The number of amides is 1. The highest BCUT2D eigenvalue weighted by Crippen LogP contribution is 2.37. The molecule has 0 aromatic heterocycles. The molecular weight excluding hydrogens is 192 g/mol. The minimum atomic E-state index is -0.695. The van der Waals surface area contributed by atoms with E-state index in [0.29, 0.717) is 19.1 Å². The van der Waals surface area contributed by atoms with E-state index in [1.165, 1.54) is 6.26 Å². The molecule has 1 unspecified atom stereocenters. The van der Waals surface area contributed by atoms with Gasteiger partial charge in [0.2, 0.25) is 5.91 Å². The van der Waals surface area contributed by atoms with Gasteiger partial charge in [0.25, 0.3) is 0 Å². The van der Waals surface area contributed by atoms with Crippen LogP contribution in [-0.4, -0.2) is 24.6 Å². The lowest BCUT2D eigenvalue weighted by Gasteiger charge is -2.23. The van der Waals surface area contributed by atoms with Crippen LogP contribution in [0.5, 0.6) is 0 Å². The standard InChI is InChI=1S/C11H20N2O2/c1-3-15-8-4-7-13-10(14)11(2,12)9-5-6-9/h3,9H,1,4-8,12H2,2H3,(H,13,14). The van der Waals surface area contributed by atoms with Crippen LogP contribution < -0.4 is 11.1 Å². The van der Waals surface area contributed by atoms with Gasteiger partial charge in [-0.15, -0.1) is 0 Å². The zero-order valence-electron chi connectivity index (χ0n) is 9.29. The highest BCUT2D eigenvalue weighted by atomic mass is 16.5. The molecule has 1 rings (SSSR count). The Morgan fingerprint density at radius 2 is 2.40 bits per heavy atom. The summed E-state index contributed by atoms with van der Waals surface area (Å²) in [5.41, 5.74) is 5.25. The monoisotopic (exact) mass is 212 g/mol. The lowest BCUT2D eigenvalue weighted by Crippen LogP contribution is -2.53. The van der Waals surface area contributed by atoms with Crippen LogP contribution in [0, 0.1) is 5.92 Å². The fourth-order valence-electron chi connectivity index (χ4n) is 1.50. The second kappa shape index (κ2) is 5.16. The first-order valence-corrected chi connectivity index (χ1v) is 5.38. The fourth-order valence-corrected chi connectivity index (χ4v) is 1.50. The lowest BCUT2D eigenvalue weighted by atomic mass is 9.96. The molecule has 0 heterocycles. The number of hydrogen-bond acceptors (Lipinski definition) is 3. The Hall–Kier alpha value is -1.03. The van der Waals surface area contributed by atoms with Crippen molar-refractivity contribution < 1.29 is 9.53 Å². The maximum Gasteiger partial charge on any atom is 0.240 e. The Kier molecular flexibility index (Phi) is 4.15. The molecular formula is C11H20N2O2. The van der Waals surface area contributed by atoms with Crippen molar-refractivity contribution >= 4 is 5.91 Å². The molecule has 15 heavy (non-hydrogen) atoms. The van der Waals surface area contributed by atoms with Crippen LogP contribution in [-0.2, 0) is 9.53 Å². The van der Waals surface area contributed by atoms with Crippen molar-refractivity contribution in [3.05, 3.63) is 12.8 Å². The van der Waals surface area contributed by atoms with Crippen LogP contribution >= 0.6 is 0 Å². The van der Waals surface area contributed by atoms with Crippen LogP contribution in [0.4, 0.5) is 0 Å². The molecule has 4 nitrogen and oxygen atoms in total. The third-order valence-electron chi connectivity index (χ3n) is 2.76. The first kappa shape index (κ1) is 12.0. The van der Waals surface area contributed by atoms with Crippen molar-refractivity contribution in [2.45, 2.75) is 31.7 Å². The molecule has 0 saturated heterocycles. The van der Waals surface area contributed by atoms with E-state index >= 15 is 0 Å². The van der Waals surface area contributed by atoms with Crippen molar-refractivity contribution in [1.82, 2.24) is 5.32 Å². The minimum absolute atomic E-state index is 0.0522. The molecule has 86 valence electrons.